The molecule has 1 saturated heterocycles. The van der Waals surface area contributed by atoms with Crippen LogP contribution in [0, 0.1) is 6.92 Å². The summed E-state index contributed by atoms with van der Waals surface area (Å²) in [7, 11) is 0. The summed E-state index contributed by atoms with van der Waals surface area (Å²) >= 11 is 0. The molecule has 0 atom stereocenters. The molecule has 1 aliphatic heterocycles. The Labute approximate surface area is 137 Å². The lowest BCUT2D eigenvalue weighted by Crippen LogP contribution is -2.38. The van der Waals surface area contributed by atoms with Crippen LogP contribution in [-0.2, 0) is 6.54 Å². The van der Waals surface area contributed by atoms with Crippen LogP contribution in [0.1, 0.15) is 37.1 Å². The molecule has 0 bridgehead atoms. The highest BCUT2D eigenvalue weighted by Crippen LogP contribution is 2.21. The van der Waals surface area contributed by atoms with Crippen LogP contribution in [0.2, 0.25) is 0 Å². The third-order valence-electron chi connectivity index (χ3n) is 4.20. The number of aryl methyl sites for hydroxylation is 1. The quantitative estimate of drug-likeness (QED) is 0.697. The summed E-state index contributed by atoms with van der Waals surface area (Å²) in [5.74, 6) is 1.96. The van der Waals surface area contributed by atoms with Gasteiger partial charge in [0.05, 0.1) is 6.20 Å². The number of aromatic nitrogens is 1. The second-order valence-corrected chi connectivity index (χ2v) is 6.06. The molecule has 0 aliphatic carbocycles. The van der Waals surface area contributed by atoms with Crippen molar-refractivity contribution < 1.29 is 4.42 Å². The van der Waals surface area contributed by atoms with Crippen molar-refractivity contribution in [1.82, 2.24) is 9.88 Å². The lowest BCUT2D eigenvalue weighted by Gasteiger charge is -2.20. The minimum atomic E-state index is 0.383. The number of hydrogen-bond acceptors (Lipinski definition) is 3. The summed E-state index contributed by atoms with van der Waals surface area (Å²) in [4.78, 5) is 10.9. The normalized spacial score (nSPS) is 16.4. The molecule has 1 fully saturated rings. The number of benzene rings is 1. The molecule has 23 heavy (non-hydrogen) atoms. The number of guanidine groups is 1. The van der Waals surface area contributed by atoms with E-state index in [9.17, 15) is 0 Å². The molecule has 122 valence electrons. The fraction of sp³-hybridized carbons (Fsp3) is 0.444. The molecule has 2 heterocycles. The van der Waals surface area contributed by atoms with Crippen molar-refractivity contribution in [3.8, 4) is 11.3 Å². The maximum atomic E-state index is 6.11. The Bertz CT molecular complexity index is 652. The minimum absolute atomic E-state index is 0.383. The summed E-state index contributed by atoms with van der Waals surface area (Å²) < 4.78 is 5.78. The predicted octanol–water partition coefficient (Wildman–Crippen LogP) is 3.34. The molecule has 0 amide bonds. The van der Waals surface area contributed by atoms with E-state index in [1.165, 1.54) is 31.2 Å². The van der Waals surface area contributed by atoms with Gasteiger partial charge in [0.1, 0.15) is 6.54 Å². The van der Waals surface area contributed by atoms with Gasteiger partial charge in [0.2, 0.25) is 5.89 Å². The zero-order valence-electron chi connectivity index (χ0n) is 13.7. The number of rotatable bonds is 3. The van der Waals surface area contributed by atoms with Crippen molar-refractivity contribution in [1.29, 1.82) is 0 Å². The first kappa shape index (κ1) is 15.6. The zero-order valence-corrected chi connectivity index (χ0v) is 13.7. The molecule has 1 aliphatic rings. The van der Waals surface area contributed by atoms with Crippen LogP contribution in [0.15, 0.2) is 39.9 Å². The van der Waals surface area contributed by atoms with Crippen molar-refractivity contribution >= 4 is 5.96 Å². The molecule has 5 nitrogen and oxygen atoms in total. The highest BCUT2D eigenvalue weighted by Gasteiger charge is 2.11. The van der Waals surface area contributed by atoms with Crippen LogP contribution in [-0.4, -0.2) is 28.9 Å². The molecule has 1 aromatic heterocycles. The summed E-state index contributed by atoms with van der Waals surface area (Å²) in [5.41, 5.74) is 8.36. The monoisotopic (exact) mass is 312 g/mol. The van der Waals surface area contributed by atoms with Crippen molar-refractivity contribution in [3.05, 3.63) is 41.9 Å². The molecule has 1 aromatic carbocycles. The Morgan fingerprint density at radius 2 is 1.87 bits per heavy atom. The molecule has 2 aromatic rings. The molecular formula is C18H24N4O. The molecule has 5 heteroatoms. The topological polar surface area (TPSA) is 67.7 Å². The van der Waals surface area contributed by atoms with Gasteiger partial charge in [-0.05, 0) is 19.8 Å². The molecule has 0 unspecified atom stereocenters. The number of nitrogens with zero attached hydrogens (tertiary/aromatic N) is 3. The van der Waals surface area contributed by atoms with E-state index in [4.69, 9.17) is 10.2 Å². The van der Waals surface area contributed by atoms with Gasteiger partial charge < -0.3 is 15.1 Å². The van der Waals surface area contributed by atoms with Crippen LogP contribution in [0.3, 0.4) is 0 Å². The highest BCUT2D eigenvalue weighted by atomic mass is 16.4. The van der Waals surface area contributed by atoms with Crippen LogP contribution in [0.4, 0.5) is 0 Å². The number of likely N-dealkylation sites (tertiary alicyclic amines) is 1. The van der Waals surface area contributed by atoms with Crippen LogP contribution in [0.5, 0.6) is 0 Å². The van der Waals surface area contributed by atoms with Gasteiger partial charge in [-0.25, -0.2) is 9.98 Å². The summed E-state index contributed by atoms with van der Waals surface area (Å²) in [6.07, 6.45) is 6.68. The molecule has 0 spiro atoms. The lowest BCUT2D eigenvalue weighted by molar-refractivity contribution is 0.426. The zero-order chi connectivity index (χ0) is 16.1. The number of hydrogen-bond donors (Lipinski definition) is 1. The van der Waals surface area contributed by atoms with Crippen LogP contribution in [0.25, 0.3) is 11.3 Å². The van der Waals surface area contributed by atoms with Crippen molar-refractivity contribution in [3.63, 3.8) is 0 Å². The molecule has 0 radical (unpaired) electrons. The Morgan fingerprint density at radius 1 is 1.17 bits per heavy atom. The van der Waals surface area contributed by atoms with Crippen molar-refractivity contribution in [2.75, 3.05) is 13.1 Å². The maximum Gasteiger partial charge on any atom is 0.216 e. The fourth-order valence-electron chi connectivity index (χ4n) is 2.78. The minimum Gasteiger partial charge on any atom is -0.439 e. The van der Waals surface area contributed by atoms with Gasteiger partial charge in [-0.3, -0.25) is 0 Å². The lowest BCUT2D eigenvalue weighted by atomic mass is 10.1. The van der Waals surface area contributed by atoms with E-state index >= 15 is 0 Å². The van der Waals surface area contributed by atoms with Gasteiger partial charge in [0.25, 0.3) is 0 Å². The molecule has 2 N–H and O–H groups in total. The van der Waals surface area contributed by atoms with Gasteiger partial charge in [-0.2, -0.15) is 0 Å². The number of oxazole rings is 1. The van der Waals surface area contributed by atoms with E-state index in [0.29, 0.717) is 18.4 Å². The van der Waals surface area contributed by atoms with Gasteiger partial charge in [-0.1, -0.05) is 42.7 Å². The Morgan fingerprint density at radius 3 is 2.57 bits per heavy atom. The largest absolute Gasteiger partial charge is 0.439 e. The average Bonchev–Trinajstić information content (AvgIpc) is 2.86. The van der Waals surface area contributed by atoms with E-state index in [1.54, 1.807) is 6.20 Å². The van der Waals surface area contributed by atoms with E-state index in [1.807, 2.05) is 12.1 Å². The van der Waals surface area contributed by atoms with E-state index in [2.05, 4.69) is 33.9 Å². The first-order valence-electron chi connectivity index (χ1n) is 8.29. The average molecular weight is 312 g/mol. The fourth-order valence-corrected chi connectivity index (χ4v) is 2.78. The maximum absolute atomic E-state index is 6.11. The Kier molecular flexibility index (Phi) is 4.95. The van der Waals surface area contributed by atoms with Gasteiger partial charge in [-0.15, -0.1) is 0 Å². The predicted molar refractivity (Wildman–Crippen MR) is 92.0 cm³/mol. The van der Waals surface area contributed by atoms with E-state index in [0.717, 1.165) is 24.4 Å². The second kappa shape index (κ2) is 7.31. The Hall–Kier alpha value is -2.30. The van der Waals surface area contributed by atoms with Gasteiger partial charge >= 0.3 is 0 Å². The third-order valence-corrected chi connectivity index (χ3v) is 4.20. The first-order chi connectivity index (χ1) is 11.2. The van der Waals surface area contributed by atoms with E-state index < -0.39 is 0 Å². The first-order valence-corrected chi connectivity index (χ1v) is 8.29. The number of nitrogens with two attached hydrogens (primary N) is 1. The van der Waals surface area contributed by atoms with Crippen molar-refractivity contribution in [2.24, 2.45) is 10.7 Å². The third kappa shape index (κ3) is 4.12. The molecule has 0 saturated carbocycles. The SMILES string of the molecule is Cc1ccc(-c2cnc(CN=C(N)N3CCCCCC3)o2)cc1. The Balaban J connectivity index is 1.64. The van der Waals surface area contributed by atoms with Crippen LogP contribution >= 0.6 is 0 Å². The molecule has 3 rings (SSSR count). The molecular weight excluding hydrogens is 288 g/mol. The summed E-state index contributed by atoms with van der Waals surface area (Å²) in [6, 6.07) is 8.20. The second-order valence-electron chi connectivity index (χ2n) is 6.06. The number of aliphatic imine (C=N–C) groups is 1. The van der Waals surface area contributed by atoms with E-state index in [-0.39, 0.29) is 0 Å². The smallest absolute Gasteiger partial charge is 0.216 e. The summed E-state index contributed by atoms with van der Waals surface area (Å²) in [6.45, 7) is 4.44. The summed E-state index contributed by atoms with van der Waals surface area (Å²) in [5, 5.41) is 0. The van der Waals surface area contributed by atoms with Crippen molar-refractivity contribution in [2.45, 2.75) is 39.2 Å². The standard InChI is InChI=1S/C18H24N4O/c1-14-6-8-15(9-7-14)16-12-20-17(23-16)13-21-18(19)22-10-4-2-3-5-11-22/h6-9,12H,2-5,10-11,13H2,1H3,(H2,19,21). The van der Waals surface area contributed by atoms with Gasteiger partial charge in [0.15, 0.2) is 11.7 Å². The van der Waals surface area contributed by atoms with Crippen LogP contribution < -0.4 is 5.73 Å². The van der Waals surface area contributed by atoms with Gasteiger partial charge in [0, 0.05) is 18.7 Å². The highest BCUT2D eigenvalue weighted by molar-refractivity contribution is 5.78.